The Hall–Kier alpha value is -1.03. The van der Waals surface area contributed by atoms with Gasteiger partial charge in [-0.25, -0.2) is 0 Å². The number of allylic oxidation sites excluding steroid dienone is 1. The van der Waals surface area contributed by atoms with Crippen LogP contribution in [-0.2, 0) is 14.3 Å². The Balaban J connectivity index is 2.17. The van der Waals surface area contributed by atoms with Gasteiger partial charge in [-0.05, 0) is 64.0 Å². The molecule has 2 atom stereocenters. The molecule has 0 aromatic heterocycles. The van der Waals surface area contributed by atoms with E-state index in [4.69, 9.17) is 9.47 Å². The highest BCUT2D eigenvalue weighted by atomic mass is 16.5. The normalized spacial score (nSPS) is 15.9. The van der Waals surface area contributed by atoms with Crippen LogP contribution in [0.4, 0.5) is 0 Å². The monoisotopic (exact) mass is 648 g/mol. The first-order chi connectivity index (χ1) is 22.5. The second-order valence-electron chi connectivity index (χ2n) is 15.1. The lowest BCUT2D eigenvalue weighted by molar-refractivity contribution is -0.149. The molecule has 272 valence electrons. The molecule has 4 nitrogen and oxygen atoms in total. The Morgan fingerprint density at radius 3 is 1.63 bits per heavy atom. The fourth-order valence-electron chi connectivity index (χ4n) is 7.25. The van der Waals surface area contributed by atoms with Crippen molar-refractivity contribution >= 4 is 5.97 Å². The lowest BCUT2D eigenvalue weighted by Gasteiger charge is -2.19. The smallest absolute Gasteiger partial charge is 0.310 e. The van der Waals surface area contributed by atoms with Crippen molar-refractivity contribution in [3.05, 3.63) is 12.3 Å². The van der Waals surface area contributed by atoms with Gasteiger partial charge >= 0.3 is 5.97 Å². The molecule has 0 radical (unpaired) electrons. The van der Waals surface area contributed by atoms with Crippen LogP contribution < -0.4 is 0 Å². The molecule has 0 aromatic carbocycles. The maximum absolute atomic E-state index is 12.6. The van der Waals surface area contributed by atoms with Crippen molar-refractivity contribution in [2.45, 2.75) is 201 Å². The van der Waals surface area contributed by atoms with E-state index in [1.165, 1.54) is 167 Å². The molecule has 0 N–H and O–H groups in total. The number of hydrogen-bond donors (Lipinski definition) is 0. The number of nitrogens with zero attached hydrogens (tertiary/aromatic N) is 1. The molecule has 0 aromatic rings. The van der Waals surface area contributed by atoms with Gasteiger partial charge in [-0.3, -0.25) is 4.79 Å². The third kappa shape index (κ3) is 25.0. The molecule has 0 spiro atoms. The van der Waals surface area contributed by atoms with Crippen LogP contribution in [0.25, 0.3) is 0 Å². The van der Waals surface area contributed by atoms with Crippen LogP contribution in [0.15, 0.2) is 12.3 Å². The van der Waals surface area contributed by atoms with Crippen LogP contribution in [-0.4, -0.2) is 44.2 Å². The summed E-state index contributed by atoms with van der Waals surface area (Å²) in [6.07, 6.45) is 36.4. The van der Waals surface area contributed by atoms with Gasteiger partial charge in [0, 0.05) is 13.0 Å². The minimum Gasteiger partial charge on any atom is -0.499 e. The summed E-state index contributed by atoms with van der Waals surface area (Å²) in [6.45, 7) is 14.5. The minimum atomic E-state index is 0.0462. The first kappa shape index (κ1) is 43.0. The second kappa shape index (κ2) is 31.3. The minimum absolute atomic E-state index is 0.0462. The van der Waals surface area contributed by atoms with E-state index in [9.17, 15) is 4.79 Å². The van der Waals surface area contributed by atoms with Gasteiger partial charge in [0.2, 0.25) is 0 Å². The van der Waals surface area contributed by atoms with Crippen molar-refractivity contribution in [2.24, 2.45) is 17.8 Å². The molecule has 1 saturated heterocycles. The molecule has 0 aliphatic carbocycles. The third-order valence-electron chi connectivity index (χ3n) is 10.5. The molecule has 1 aliphatic heterocycles. The average molecular weight is 648 g/mol. The Kier molecular flexibility index (Phi) is 29.2. The summed E-state index contributed by atoms with van der Waals surface area (Å²) >= 11 is 0. The van der Waals surface area contributed by atoms with Crippen LogP contribution in [0, 0.1) is 17.8 Å². The van der Waals surface area contributed by atoms with Crippen LogP contribution in [0.5, 0.6) is 0 Å². The molecule has 1 rings (SSSR count). The average Bonchev–Trinajstić information content (AvgIpc) is 3.49. The summed E-state index contributed by atoms with van der Waals surface area (Å²) in [6, 6.07) is 0. The zero-order valence-corrected chi connectivity index (χ0v) is 31.7. The van der Waals surface area contributed by atoms with Crippen molar-refractivity contribution in [1.29, 1.82) is 0 Å². The number of likely N-dealkylation sites (tertiary alicyclic amines) is 1. The van der Waals surface area contributed by atoms with Crippen LogP contribution >= 0.6 is 0 Å². The van der Waals surface area contributed by atoms with E-state index in [1.807, 2.05) is 0 Å². The Morgan fingerprint density at radius 2 is 1.09 bits per heavy atom. The molecule has 4 heteroatoms. The van der Waals surface area contributed by atoms with Gasteiger partial charge in [0.15, 0.2) is 0 Å². The summed E-state index contributed by atoms with van der Waals surface area (Å²) in [5.41, 5.74) is 0. The number of ether oxygens (including phenoxy) is 2. The van der Waals surface area contributed by atoms with E-state index in [0.717, 1.165) is 44.2 Å². The van der Waals surface area contributed by atoms with Crippen LogP contribution in [0.1, 0.15) is 201 Å². The largest absolute Gasteiger partial charge is 0.499 e. The first-order valence-corrected chi connectivity index (χ1v) is 20.7. The first-order valence-electron chi connectivity index (χ1n) is 20.7. The van der Waals surface area contributed by atoms with E-state index in [0.29, 0.717) is 12.5 Å². The molecule has 0 amide bonds. The van der Waals surface area contributed by atoms with Crippen LogP contribution in [0.3, 0.4) is 0 Å². The summed E-state index contributed by atoms with van der Waals surface area (Å²) < 4.78 is 11.9. The number of carbonyl (C=O) groups is 1. The van der Waals surface area contributed by atoms with Crippen LogP contribution in [0.2, 0.25) is 0 Å². The molecular weight excluding hydrogens is 566 g/mol. The van der Waals surface area contributed by atoms with Crippen molar-refractivity contribution in [2.75, 3.05) is 33.4 Å². The topological polar surface area (TPSA) is 38.8 Å². The SMILES string of the molecule is C=C(CCCCCCCCC(CCCCCCCCCC)COC(=O)C1CCN(C)C1)OCCCC(CCCCC)CCCCC. The molecule has 0 saturated carbocycles. The van der Waals surface area contributed by atoms with Gasteiger partial charge in [0.25, 0.3) is 0 Å². The Bertz CT molecular complexity index is 684. The summed E-state index contributed by atoms with van der Waals surface area (Å²) in [7, 11) is 2.10. The quantitative estimate of drug-likeness (QED) is 0.0396. The highest BCUT2D eigenvalue weighted by molar-refractivity contribution is 5.73. The molecule has 0 bridgehead atoms. The maximum atomic E-state index is 12.6. The van der Waals surface area contributed by atoms with Crippen molar-refractivity contribution in [3.8, 4) is 0 Å². The zero-order chi connectivity index (χ0) is 33.5. The zero-order valence-electron chi connectivity index (χ0n) is 31.7. The molecule has 1 heterocycles. The number of rotatable bonds is 34. The van der Waals surface area contributed by atoms with Gasteiger partial charge in [0.05, 0.1) is 24.9 Å². The van der Waals surface area contributed by atoms with Crippen molar-refractivity contribution in [1.82, 2.24) is 4.90 Å². The van der Waals surface area contributed by atoms with E-state index in [-0.39, 0.29) is 11.9 Å². The predicted molar refractivity (Wildman–Crippen MR) is 200 cm³/mol. The maximum Gasteiger partial charge on any atom is 0.310 e. The fourth-order valence-corrected chi connectivity index (χ4v) is 7.25. The number of unbranched alkanes of at least 4 members (excludes halogenated alkanes) is 16. The van der Waals surface area contributed by atoms with Crippen molar-refractivity contribution in [3.63, 3.8) is 0 Å². The van der Waals surface area contributed by atoms with E-state index in [1.54, 1.807) is 0 Å². The molecular formula is C42H81NO3. The third-order valence-corrected chi connectivity index (χ3v) is 10.5. The number of hydrogen-bond acceptors (Lipinski definition) is 4. The lowest BCUT2D eigenvalue weighted by atomic mass is 9.91. The van der Waals surface area contributed by atoms with Gasteiger partial charge in [-0.15, -0.1) is 0 Å². The number of carbonyl (C=O) groups excluding carboxylic acids is 1. The summed E-state index contributed by atoms with van der Waals surface area (Å²) in [4.78, 5) is 14.9. The summed E-state index contributed by atoms with van der Waals surface area (Å²) in [5.74, 6) is 2.56. The Morgan fingerprint density at radius 1 is 0.630 bits per heavy atom. The second-order valence-corrected chi connectivity index (χ2v) is 15.1. The molecule has 46 heavy (non-hydrogen) atoms. The molecule has 1 fully saturated rings. The van der Waals surface area contributed by atoms with E-state index < -0.39 is 0 Å². The summed E-state index contributed by atoms with van der Waals surface area (Å²) in [5, 5.41) is 0. The van der Waals surface area contributed by atoms with Gasteiger partial charge < -0.3 is 14.4 Å². The van der Waals surface area contributed by atoms with Gasteiger partial charge in [-0.1, -0.05) is 162 Å². The highest BCUT2D eigenvalue weighted by Crippen LogP contribution is 2.24. The van der Waals surface area contributed by atoms with Crippen molar-refractivity contribution < 1.29 is 14.3 Å². The Labute approximate surface area is 288 Å². The van der Waals surface area contributed by atoms with E-state index in [2.05, 4.69) is 39.3 Å². The molecule has 1 aliphatic rings. The highest BCUT2D eigenvalue weighted by Gasteiger charge is 2.28. The standard InChI is InChI=1S/C42H81NO3/c1-6-9-12-13-14-15-19-24-30-40(37-46-42(44)41-33-34-43(5)36-41)31-25-20-17-16-18-23-27-38(4)45-35-26-32-39(28-21-10-7-2)29-22-11-8-3/h39-41H,4,6-37H2,1-3,5H3. The molecule has 2 unspecified atom stereocenters. The lowest BCUT2D eigenvalue weighted by Crippen LogP contribution is -2.24. The van der Waals surface area contributed by atoms with E-state index >= 15 is 0 Å². The van der Waals surface area contributed by atoms with Gasteiger partial charge in [-0.2, -0.15) is 0 Å². The van der Waals surface area contributed by atoms with Gasteiger partial charge in [0.1, 0.15) is 0 Å². The predicted octanol–water partition coefficient (Wildman–Crippen LogP) is 12.8. The number of esters is 1. The fraction of sp³-hybridized carbons (Fsp3) is 0.929.